The van der Waals surface area contributed by atoms with Crippen molar-refractivity contribution in [3.63, 3.8) is 0 Å². The van der Waals surface area contributed by atoms with Crippen molar-refractivity contribution in [3.8, 4) is 11.3 Å². The molecule has 0 spiro atoms. The monoisotopic (exact) mass is 507 g/mol. The number of likely N-dealkylation sites (tertiary alicyclic amines) is 1. The van der Waals surface area contributed by atoms with E-state index in [-0.39, 0.29) is 28.9 Å². The van der Waals surface area contributed by atoms with Gasteiger partial charge >= 0.3 is 0 Å². The van der Waals surface area contributed by atoms with Crippen LogP contribution in [-0.2, 0) is 5.54 Å². The third kappa shape index (κ3) is 3.71. The highest BCUT2D eigenvalue weighted by Crippen LogP contribution is 2.43. The van der Waals surface area contributed by atoms with Crippen molar-refractivity contribution in [2.24, 2.45) is 0 Å². The van der Waals surface area contributed by atoms with E-state index in [1.807, 2.05) is 49.5 Å². The van der Waals surface area contributed by atoms with Crippen LogP contribution in [0.3, 0.4) is 0 Å². The standard InChI is InChI=1S/C30H26FN5O2/c1-35-16-30(17-35,22-10-12-23(31)13-11-22)33-28(37)26-25(19-7-8-19)27-29(38)32-24(15-36(27)34-26)21-9-6-18-4-2-3-5-20(18)14-21/h2-6,9-15,19H,7-8,16-17H2,1H3,(H,32,38)(H,33,37). The smallest absolute Gasteiger partial charge is 0.274 e. The average Bonchev–Trinajstić information content (AvgIpc) is 3.66. The molecule has 3 aromatic carbocycles. The minimum atomic E-state index is -0.640. The van der Waals surface area contributed by atoms with Crippen LogP contribution in [0, 0.1) is 5.82 Å². The fourth-order valence-electron chi connectivity index (χ4n) is 5.79. The third-order valence-electron chi connectivity index (χ3n) is 7.75. The summed E-state index contributed by atoms with van der Waals surface area (Å²) in [4.78, 5) is 32.2. The zero-order valence-electron chi connectivity index (χ0n) is 20.9. The number of hydrogen-bond donors (Lipinski definition) is 2. The number of aromatic amines is 1. The Labute approximate surface area is 217 Å². The molecule has 1 aliphatic carbocycles. The number of carbonyl (C=O) groups is 1. The molecule has 7 nitrogen and oxygen atoms in total. The predicted octanol–water partition coefficient (Wildman–Crippen LogP) is 4.43. The van der Waals surface area contributed by atoms with Gasteiger partial charge in [0.25, 0.3) is 11.5 Å². The van der Waals surface area contributed by atoms with Crippen molar-refractivity contribution >= 4 is 22.2 Å². The van der Waals surface area contributed by atoms with Crippen molar-refractivity contribution in [3.05, 3.63) is 106 Å². The molecule has 2 N–H and O–H groups in total. The van der Waals surface area contributed by atoms with Gasteiger partial charge in [0.15, 0.2) is 5.69 Å². The van der Waals surface area contributed by atoms with Gasteiger partial charge in [-0.25, -0.2) is 8.91 Å². The van der Waals surface area contributed by atoms with Crippen LogP contribution in [-0.4, -0.2) is 45.5 Å². The first-order chi connectivity index (χ1) is 18.4. The number of fused-ring (bicyclic) bond motifs is 2. The molecule has 3 heterocycles. The van der Waals surface area contributed by atoms with E-state index < -0.39 is 5.54 Å². The Morgan fingerprint density at radius 2 is 1.79 bits per heavy atom. The second-order valence-corrected chi connectivity index (χ2v) is 10.6. The third-order valence-corrected chi connectivity index (χ3v) is 7.75. The lowest BCUT2D eigenvalue weighted by molar-refractivity contribution is 0.0507. The van der Waals surface area contributed by atoms with E-state index in [2.05, 4.69) is 20.3 Å². The summed E-state index contributed by atoms with van der Waals surface area (Å²) in [5.74, 6) is -0.507. The summed E-state index contributed by atoms with van der Waals surface area (Å²) in [5, 5.41) is 10.0. The van der Waals surface area contributed by atoms with Crippen LogP contribution >= 0.6 is 0 Å². The van der Waals surface area contributed by atoms with Crippen LogP contribution in [0.2, 0.25) is 0 Å². The molecule has 1 saturated carbocycles. The molecule has 2 aromatic heterocycles. The second-order valence-electron chi connectivity index (χ2n) is 10.6. The number of aromatic nitrogens is 3. The Kier molecular flexibility index (Phi) is 5.03. The zero-order chi connectivity index (χ0) is 26.0. The van der Waals surface area contributed by atoms with E-state index in [1.165, 1.54) is 12.1 Å². The highest BCUT2D eigenvalue weighted by molar-refractivity contribution is 5.97. The molecular weight excluding hydrogens is 481 g/mol. The van der Waals surface area contributed by atoms with E-state index in [0.29, 0.717) is 29.9 Å². The summed E-state index contributed by atoms with van der Waals surface area (Å²) < 4.78 is 15.2. The summed E-state index contributed by atoms with van der Waals surface area (Å²) in [5.41, 5.74) is 2.85. The van der Waals surface area contributed by atoms with Crippen molar-refractivity contribution in [1.82, 2.24) is 24.8 Å². The van der Waals surface area contributed by atoms with Gasteiger partial charge < -0.3 is 15.2 Å². The first kappa shape index (κ1) is 22.9. The average molecular weight is 508 g/mol. The number of likely N-dealkylation sites (N-methyl/N-ethyl adjacent to an activating group) is 1. The van der Waals surface area contributed by atoms with Gasteiger partial charge in [0.05, 0.1) is 17.4 Å². The summed E-state index contributed by atoms with van der Waals surface area (Å²) in [6.07, 6.45) is 3.62. The Hall–Kier alpha value is -4.30. The number of H-pyrrole nitrogens is 1. The molecule has 190 valence electrons. The van der Waals surface area contributed by atoms with Crippen molar-refractivity contribution in [2.45, 2.75) is 24.3 Å². The fraction of sp³-hybridized carbons (Fsp3) is 0.233. The Bertz CT molecular complexity index is 1780. The van der Waals surface area contributed by atoms with Crippen LogP contribution in [0.15, 0.2) is 77.7 Å². The van der Waals surface area contributed by atoms with E-state index in [0.717, 1.165) is 34.7 Å². The van der Waals surface area contributed by atoms with Gasteiger partial charge in [-0.1, -0.05) is 48.5 Å². The van der Waals surface area contributed by atoms with Gasteiger partial charge in [0.1, 0.15) is 11.3 Å². The molecule has 7 rings (SSSR count). The normalized spacial score (nSPS) is 17.0. The fourth-order valence-corrected chi connectivity index (χ4v) is 5.79. The molecule has 0 bridgehead atoms. The Morgan fingerprint density at radius 1 is 1.05 bits per heavy atom. The van der Waals surface area contributed by atoms with Gasteiger partial charge in [-0.15, -0.1) is 0 Å². The number of nitrogens with zero attached hydrogens (tertiary/aromatic N) is 3. The van der Waals surface area contributed by atoms with Crippen LogP contribution < -0.4 is 10.9 Å². The van der Waals surface area contributed by atoms with Gasteiger partial charge in [-0.05, 0) is 60.3 Å². The zero-order valence-corrected chi connectivity index (χ0v) is 20.9. The highest BCUT2D eigenvalue weighted by atomic mass is 19.1. The van der Waals surface area contributed by atoms with Gasteiger partial charge in [0, 0.05) is 24.2 Å². The molecule has 0 radical (unpaired) electrons. The van der Waals surface area contributed by atoms with Crippen molar-refractivity contribution in [1.29, 1.82) is 0 Å². The molecule has 0 unspecified atom stereocenters. The molecule has 8 heteroatoms. The topological polar surface area (TPSA) is 82.5 Å². The lowest BCUT2D eigenvalue weighted by Crippen LogP contribution is -2.66. The maximum Gasteiger partial charge on any atom is 0.274 e. The van der Waals surface area contributed by atoms with Gasteiger partial charge in [-0.2, -0.15) is 5.10 Å². The van der Waals surface area contributed by atoms with Crippen LogP contribution in [0.1, 0.15) is 40.4 Å². The minimum absolute atomic E-state index is 0.131. The summed E-state index contributed by atoms with van der Waals surface area (Å²) in [6, 6.07) is 20.3. The number of halogens is 1. The van der Waals surface area contributed by atoms with E-state index in [4.69, 9.17) is 0 Å². The summed E-state index contributed by atoms with van der Waals surface area (Å²) in [6.45, 7) is 1.20. The number of amides is 1. The lowest BCUT2D eigenvalue weighted by Gasteiger charge is -2.49. The molecule has 2 aliphatic rings. The molecule has 0 atom stereocenters. The number of carbonyl (C=O) groups excluding carboxylic acids is 1. The summed E-state index contributed by atoms with van der Waals surface area (Å²) in [7, 11) is 1.97. The quantitative estimate of drug-likeness (QED) is 0.369. The SMILES string of the molecule is CN1CC(NC(=O)c2nn3cc(-c4ccc5ccccc5c4)[nH]c(=O)c3c2C2CC2)(c2ccc(F)cc2)C1. The van der Waals surface area contributed by atoms with E-state index in [1.54, 1.807) is 22.8 Å². The summed E-state index contributed by atoms with van der Waals surface area (Å²) >= 11 is 0. The molecular formula is C30H26FN5O2. The van der Waals surface area contributed by atoms with Gasteiger partial charge in [-0.3, -0.25) is 9.59 Å². The molecule has 5 aromatic rings. The van der Waals surface area contributed by atoms with Crippen LogP contribution in [0.5, 0.6) is 0 Å². The van der Waals surface area contributed by atoms with Crippen LogP contribution in [0.25, 0.3) is 27.5 Å². The highest BCUT2D eigenvalue weighted by Gasteiger charge is 2.45. The number of rotatable bonds is 5. The lowest BCUT2D eigenvalue weighted by atomic mass is 9.82. The molecule has 1 saturated heterocycles. The van der Waals surface area contributed by atoms with E-state index >= 15 is 0 Å². The van der Waals surface area contributed by atoms with Crippen LogP contribution in [0.4, 0.5) is 4.39 Å². The number of hydrogen-bond acceptors (Lipinski definition) is 4. The first-order valence-corrected chi connectivity index (χ1v) is 12.8. The first-order valence-electron chi connectivity index (χ1n) is 12.8. The molecule has 1 amide bonds. The van der Waals surface area contributed by atoms with E-state index in [9.17, 15) is 14.0 Å². The number of benzene rings is 3. The number of nitrogens with one attached hydrogen (secondary N) is 2. The Balaban J connectivity index is 1.30. The maximum absolute atomic E-state index is 13.7. The minimum Gasteiger partial charge on any atom is -0.338 e. The Morgan fingerprint density at radius 3 is 2.50 bits per heavy atom. The molecule has 38 heavy (non-hydrogen) atoms. The van der Waals surface area contributed by atoms with Gasteiger partial charge in [0.2, 0.25) is 0 Å². The maximum atomic E-state index is 13.7. The molecule has 1 aliphatic heterocycles. The largest absolute Gasteiger partial charge is 0.338 e. The van der Waals surface area contributed by atoms with Crippen molar-refractivity contribution in [2.75, 3.05) is 20.1 Å². The predicted molar refractivity (Wildman–Crippen MR) is 144 cm³/mol. The molecule has 2 fully saturated rings. The second kappa shape index (κ2) is 8.36. The van der Waals surface area contributed by atoms with Crippen molar-refractivity contribution < 1.29 is 9.18 Å².